The number of nitrogens with two attached hydrogens (primary N) is 1. The van der Waals surface area contributed by atoms with Crippen molar-refractivity contribution in [1.82, 2.24) is 0 Å². The lowest BCUT2D eigenvalue weighted by Crippen LogP contribution is -2.52. The Morgan fingerprint density at radius 3 is 2.33 bits per heavy atom. The van der Waals surface area contributed by atoms with Gasteiger partial charge in [0.25, 0.3) is 0 Å². The number of aliphatic hydroxyl groups is 1. The van der Waals surface area contributed by atoms with Crippen LogP contribution >= 0.6 is 0 Å². The second-order valence-electron chi connectivity index (χ2n) is 6.49. The Morgan fingerprint density at radius 2 is 1.89 bits per heavy atom. The van der Waals surface area contributed by atoms with E-state index in [0.29, 0.717) is 12.5 Å². The average molecular weight is 245 g/mol. The molecular weight excluding hydrogens is 222 g/mol. The minimum atomic E-state index is -0.555. The van der Waals surface area contributed by atoms with Gasteiger partial charge in [0.1, 0.15) is 0 Å². The lowest BCUT2D eigenvalue weighted by Gasteiger charge is -2.42. The van der Waals surface area contributed by atoms with E-state index >= 15 is 0 Å². The molecule has 0 saturated heterocycles. The lowest BCUT2D eigenvalue weighted by atomic mass is 9.68. The monoisotopic (exact) mass is 245 g/mol. The molecule has 1 aromatic rings. The molecule has 98 valence electrons. The zero-order chi connectivity index (χ0) is 12.8. The van der Waals surface area contributed by atoms with Gasteiger partial charge in [0, 0.05) is 12.0 Å². The standard InChI is InChI=1S/C16H23NO/c1-12-6-7-16(18,8-12)15(11-17)9-13-4-2-3-5-14(13)10-15/h2-5,12,18H,6-11,17H2,1H3. The molecule has 0 aromatic heterocycles. The van der Waals surface area contributed by atoms with Crippen molar-refractivity contribution in [1.29, 1.82) is 0 Å². The highest BCUT2D eigenvalue weighted by Gasteiger charge is 2.54. The minimum absolute atomic E-state index is 0.124. The summed E-state index contributed by atoms with van der Waals surface area (Å²) in [5, 5.41) is 11.1. The molecule has 0 bridgehead atoms. The van der Waals surface area contributed by atoms with Crippen molar-refractivity contribution < 1.29 is 5.11 Å². The fourth-order valence-electron chi connectivity index (χ4n) is 4.10. The third-order valence-corrected chi connectivity index (χ3v) is 5.29. The van der Waals surface area contributed by atoms with Crippen LogP contribution in [0.1, 0.15) is 37.3 Å². The molecule has 0 amide bonds. The smallest absolute Gasteiger partial charge is 0.0724 e. The predicted molar refractivity (Wildman–Crippen MR) is 73.3 cm³/mol. The number of rotatable bonds is 2. The third kappa shape index (κ3) is 1.63. The van der Waals surface area contributed by atoms with Crippen LogP contribution in [0, 0.1) is 11.3 Å². The number of benzene rings is 1. The van der Waals surface area contributed by atoms with Crippen LogP contribution in [0.3, 0.4) is 0 Å². The van der Waals surface area contributed by atoms with Crippen molar-refractivity contribution in [3.05, 3.63) is 35.4 Å². The number of hydrogen-bond acceptors (Lipinski definition) is 2. The largest absolute Gasteiger partial charge is 0.389 e. The Hall–Kier alpha value is -0.860. The molecule has 1 saturated carbocycles. The van der Waals surface area contributed by atoms with Gasteiger partial charge in [0.15, 0.2) is 0 Å². The van der Waals surface area contributed by atoms with E-state index in [2.05, 4.69) is 31.2 Å². The second-order valence-corrected chi connectivity index (χ2v) is 6.49. The maximum absolute atomic E-state index is 11.1. The molecule has 1 aromatic carbocycles. The summed E-state index contributed by atoms with van der Waals surface area (Å²) >= 11 is 0. The molecule has 2 atom stereocenters. The maximum Gasteiger partial charge on any atom is 0.0724 e. The molecule has 2 nitrogen and oxygen atoms in total. The molecular formula is C16H23NO. The topological polar surface area (TPSA) is 46.2 Å². The summed E-state index contributed by atoms with van der Waals surface area (Å²) in [7, 11) is 0. The number of hydrogen-bond donors (Lipinski definition) is 2. The molecule has 2 aliphatic rings. The van der Waals surface area contributed by atoms with Crippen LogP contribution in [0.5, 0.6) is 0 Å². The highest BCUT2D eigenvalue weighted by molar-refractivity contribution is 5.36. The van der Waals surface area contributed by atoms with Crippen LogP contribution in [-0.4, -0.2) is 17.3 Å². The van der Waals surface area contributed by atoms with E-state index in [1.165, 1.54) is 11.1 Å². The van der Waals surface area contributed by atoms with Crippen molar-refractivity contribution >= 4 is 0 Å². The Bertz CT molecular complexity index is 431. The van der Waals surface area contributed by atoms with Gasteiger partial charge in [-0.3, -0.25) is 0 Å². The molecule has 3 rings (SSSR count). The van der Waals surface area contributed by atoms with Gasteiger partial charge >= 0.3 is 0 Å². The first-order chi connectivity index (χ1) is 8.59. The number of fused-ring (bicyclic) bond motifs is 1. The summed E-state index contributed by atoms with van der Waals surface area (Å²) < 4.78 is 0. The van der Waals surface area contributed by atoms with Gasteiger partial charge in [-0.15, -0.1) is 0 Å². The molecule has 3 N–H and O–H groups in total. The van der Waals surface area contributed by atoms with E-state index in [1.54, 1.807) is 0 Å². The van der Waals surface area contributed by atoms with Gasteiger partial charge < -0.3 is 10.8 Å². The fourth-order valence-corrected chi connectivity index (χ4v) is 4.10. The molecule has 18 heavy (non-hydrogen) atoms. The zero-order valence-corrected chi connectivity index (χ0v) is 11.2. The van der Waals surface area contributed by atoms with Gasteiger partial charge in [-0.1, -0.05) is 31.2 Å². The summed E-state index contributed by atoms with van der Waals surface area (Å²) in [4.78, 5) is 0. The summed E-state index contributed by atoms with van der Waals surface area (Å²) in [5.41, 5.74) is 8.19. The molecule has 2 unspecified atom stereocenters. The SMILES string of the molecule is CC1CCC(O)(C2(CN)Cc3ccccc3C2)C1. The Morgan fingerprint density at radius 1 is 1.28 bits per heavy atom. The van der Waals surface area contributed by atoms with Crippen molar-refractivity contribution in [2.24, 2.45) is 17.1 Å². The van der Waals surface area contributed by atoms with Crippen LogP contribution in [0.2, 0.25) is 0 Å². The first-order valence-corrected chi connectivity index (χ1v) is 7.08. The van der Waals surface area contributed by atoms with Gasteiger partial charge in [0.05, 0.1) is 5.60 Å². The van der Waals surface area contributed by atoms with Crippen LogP contribution < -0.4 is 5.73 Å². The molecule has 2 aliphatic carbocycles. The first kappa shape index (κ1) is 12.2. The van der Waals surface area contributed by atoms with Gasteiger partial charge in [-0.2, -0.15) is 0 Å². The van der Waals surface area contributed by atoms with Crippen molar-refractivity contribution in [3.8, 4) is 0 Å². The van der Waals surface area contributed by atoms with E-state index in [-0.39, 0.29) is 5.41 Å². The summed E-state index contributed by atoms with van der Waals surface area (Å²) in [6, 6.07) is 8.56. The van der Waals surface area contributed by atoms with Crippen LogP contribution in [0.4, 0.5) is 0 Å². The van der Waals surface area contributed by atoms with Crippen molar-refractivity contribution in [2.75, 3.05) is 6.54 Å². The molecule has 2 heteroatoms. The first-order valence-electron chi connectivity index (χ1n) is 7.08. The van der Waals surface area contributed by atoms with Crippen molar-refractivity contribution in [3.63, 3.8) is 0 Å². The Balaban J connectivity index is 1.95. The highest BCUT2D eigenvalue weighted by Crippen LogP contribution is 2.52. The molecule has 0 radical (unpaired) electrons. The zero-order valence-electron chi connectivity index (χ0n) is 11.2. The second kappa shape index (κ2) is 4.07. The molecule has 0 spiro atoms. The normalized spacial score (nSPS) is 33.6. The fraction of sp³-hybridized carbons (Fsp3) is 0.625. The summed E-state index contributed by atoms with van der Waals surface area (Å²) in [6.07, 6.45) is 4.86. The quantitative estimate of drug-likeness (QED) is 0.839. The predicted octanol–water partition coefficient (Wildman–Crippen LogP) is 2.28. The van der Waals surface area contributed by atoms with E-state index < -0.39 is 5.60 Å². The van der Waals surface area contributed by atoms with Gasteiger partial charge in [0.2, 0.25) is 0 Å². The van der Waals surface area contributed by atoms with E-state index in [1.807, 2.05) is 0 Å². The molecule has 1 fully saturated rings. The van der Waals surface area contributed by atoms with Crippen LogP contribution in [0.25, 0.3) is 0 Å². The molecule has 0 heterocycles. The van der Waals surface area contributed by atoms with Crippen molar-refractivity contribution in [2.45, 2.75) is 44.6 Å². The Kier molecular flexibility index (Phi) is 2.76. The van der Waals surface area contributed by atoms with Crippen LogP contribution in [0.15, 0.2) is 24.3 Å². The van der Waals surface area contributed by atoms with Crippen LogP contribution in [-0.2, 0) is 12.8 Å². The minimum Gasteiger partial charge on any atom is -0.389 e. The average Bonchev–Trinajstić information content (AvgIpc) is 2.91. The molecule has 0 aliphatic heterocycles. The maximum atomic E-state index is 11.1. The van der Waals surface area contributed by atoms with E-state index in [0.717, 1.165) is 32.1 Å². The lowest BCUT2D eigenvalue weighted by molar-refractivity contribution is -0.0733. The van der Waals surface area contributed by atoms with E-state index in [4.69, 9.17) is 5.73 Å². The summed E-state index contributed by atoms with van der Waals surface area (Å²) in [6.45, 7) is 2.83. The van der Waals surface area contributed by atoms with Gasteiger partial charge in [-0.05, 0) is 49.1 Å². The van der Waals surface area contributed by atoms with Gasteiger partial charge in [-0.25, -0.2) is 0 Å². The highest BCUT2D eigenvalue weighted by atomic mass is 16.3. The Labute approximate surface area is 109 Å². The van der Waals surface area contributed by atoms with E-state index in [9.17, 15) is 5.11 Å². The summed E-state index contributed by atoms with van der Waals surface area (Å²) in [5.74, 6) is 0.627. The third-order valence-electron chi connectivity index (χ3n) is 5.29.